The Hall–Kier alpha value is -3.18. The molecule has 0 heterocycles. The van der Waals surface area contributed by atoms with Crippen molar-refractivity contribution in [3.8, 4) is 0 Å². The van der Waals surface area contributed by atoms with Gasteiger partial charge >= 0.3 is 12.4 Å². The van der Waals surface area contributed by atoms with E-state index in [0.717, 1.165) is 22.1 Å². The van der Waals surface area contributed by atoms with Crippen LogP contribution in [0, 0.1) is 5.92 Å². The number of rotatable bonds is 6. The molecule has 3 aromatic carbocycles. The lowest BCUT2D eigenvalue weighted by Gasteiger charge is -2.27. The Balaban J connectivity index is 1.65. The monoisotopic (exact) mass is 517 g/mol. The minimum Gasteiger partial charge on any atom is -0.289 e. The molecule has 2 atom stereocenters. The average Bonchev–Trinajstić information content (AvgIpc) is 3.32. The van der Waals surface area contributed by atoms with Crippen molar-refractivity contribution in [2.75, 3.05) is 0 Å². The molecule has 1 nitrogen and oxygen atoms in total. The standard InChI is InChI=1S/C28H22F6NP/c1-19(35-18-20-15-21(27(29,30)31)17-22(16-20)28(32,33)34)25-13-8-14-26(25)36(23-9-4-2-5-10-23)24-11-6-3-7-12-24/h2-19,25H,1H3/t19-,25?/m1/s1. The van der Waals surface area contributed by atoms with E-state index in [2.05, 4.69) is 29.3 Å². The highest BCUT2D eigenvalue weighted by molar-refractivity contribution is 7.76. The first-order chi connectivity index (χ1) is 17.0. The van der Waals surface area contributed by atoms with Gasteiger partial charge in [-0.15, -0.1) is 0 Å². The molecule has 4 rings (SSSR count). The topological polar surface area (TPSA) is 12.4 Å². The van der Waals surface area contributed by atoms with Gasteiger partial charge in [0.05, 0.1) is 17.2 Å². The smallest absolute Gasteiger partial charge is 0.289 e. The van der Waals surface area contributed by atoms with Crippen LogP contribution in [0.5, 0.6) is 0 Å². The van der Waals surface area contributed by atoms with Crippen molar-refractivity contribution < 1.29 is 26.3 Å². The second-order valence-corrected chi connectivity index (χ2v) is 10.6. The Morgan fingerprint density at radius 2 is 1.28 bits per heavy atom. The highest BCUT2D eigenvalue weighted by Gasteiger charge is 2.37. The van der Waals surface area contributed by atoms with E-state index < -0.39 is 37.4 Å². The fraction of sp³-hybridized carbons (Fsp3) is 0.179. The van der Waals surface area contributed by atoms with E-state index in [1.165, 1.54) is 0 Å². The highest BCUT2D eigenvalue weighted by Crippen LogP contribution is 2.50. The van der Waals surface area contributed by atoms with E-state index in [-0.39, 0.29) is 17.5 Å². The fourth-order valence-electron chi connectivity index (χ4n) is 4.07. The number of nitrogens with zero attached hydrogens (tertiary/aromatic N) is 1. The van der Waals surface area contributed by atoms with Crippen LogP contribution >= 0.6 is 7.92 Å². The Kier molecular flexibility index (Phi) is 7.51. The summed E-state index contributed by atoms with van der Waals surface area (Å²) >= 11 is 0. The van der Waals surface area contributed by atoms with Gasteiger partial charge in [0.15, 0.2) is 0 Å². The van der Waals surface area contributed by atoms with Gasteiger partial charge in [0.25, 0.3) is 0 Å². The van der Waals surface area contributed by atoms with E-state index in [0.29, 0.717) is 12.1 Å². The number of allylic oxidation sites excluding steroid dienone is 2. The number of hydrogen-bond acceptors (Lipinski definition) is 1. The van der Waals surface area contributed by atoms with Gasteiger partial charge in [0.1, 0.15) is 0 Å². The third-order valence-corrected chi connectivity index (χ3v) is 8.40. The quantitative estimate of drug-likeness (QED) is 0.180. The van der Waals surface area contributed by atoms with Gasteiger partial charge in [-0.3, -0.25) is 4.99 Å². The zero-order valence-corrected chi connectivity index (χ0v) is 20.0. The van der Waals surface area contributed by atoms with Gasteiger partial charge in [-0.1, -0.05) is 78.9 Å². The molecule has 8 heteroatoms. The molecule has 0 radical (unpaired) electrons. The van der Waals surface area contributed by atoms with Crippen LogP contribution < -0.4 is 10.6 Å². The largest absolute Gasteiger partial charge is 0.416 e. The maximum atomic E-state index is 13.2. The molecule has 36 heavy (non-hydrogen) atoms. The second-order valence-electron chi connectivity index (χ2n) is 8.37. The van der Waals surface area contributed by atoms with Crippen molar-refractivity contribution in [1.82, 2.24) is 0 Å². The average molecular weight is 517 g/mol. The molecular weight excluding hydrogens is 495 g/mol. The molecule has 0 aliphatic heterocycles. The minimum atomic E-state index is -4.90. The van der Waals surface area contributed by atoms with Crippen LogP contribution in [-0.2, 0) is 12.4 Å². The summed E-state index contributed by atoms with van der Waals surface area (Å²) < 4.78 is 79.3. The van der Waals surface area contributed by atoms with Crippen LogP contribution in [0.2, 0.25) is 0 Å². The molecule has 1 aliphatic carbocycles. The first-order valence-electron chi connectivity index (χ1n) is 11.2. The predicted octanol–water partition coefficient (Wildman–Crippen LogP) is 7.73. The van der Waals surface area contributed by atoms with Gasteiger partial charge in [-0.25, -0.2) is 0 Å². The second kappa shape index (κ2) is 10.4. The summed E-state index contributed by atoms with van der Waals surface area (Å²) in [4.78, 5) is 4.40. The molecule has 0 bridgehead atoms. The van der Waals surface area contributed by atoms with Crippen LogP contribution in [-0.4, -0.2) is 12.3 Å². The van der Waals surface area contributed by atoms with Crippen molar-refractivity contribution in [1.29, 1.82) is 0 Å². The molecular formula is C28H22F6NP. The summed E-state index contributed by atoms with van der Waals surface area (Å²) in [6.45, 7) is 1.81. The van der Waals surface area contributed by atoms with Crippen molar-refractivity contribution in [3.63, 3.8) is 0 Å². The van der Waals surface area contributed by atoms with E-state index >= 15 is 0 Å². The summed E-state index contributed by atoms with van der Waals surface area (Å²) in [7, 11) is -0.903. The lowest BCUT2D eigenvalue weighted by Crippen LogP contribution is -2.20. The Morgan fingerprint density at radius 3 is 1.75 bits per heavy atom. The van der Waals surface area contributed by atoms with Gasteiger partial charge in [-0.2, -0.15) is 26.3 Å². The van der Waals surface area contributed by atoms with E-state index in [1.807, 2.05) is 61.5 Å². The predicted molar refractivity (Wildman–Crippen MR) is 133 cm³/mol. The summed E-state index contributed by atoms with van der Waals surface area (Å²) in [6.07, 6.45) is -2.76. The molecule has 1 unspecified atom stereocenters. The summed E-state index contributed by atoms with van der Waals surface area (Å²) in [5.41, 5.74) is -2.96. The molecule has 0 saturated carbocycles. The van der Waals surface area contributed by atoms with Gasteiger partial charge in [-0.05, 0) is 54.5 Å². The molecule has 1 aliphatic rings. The van der Waals surface area contributed by atoms with Crippen molar-refractivity contribution in [3.05, 3.63) is 119 Å². The minimum absolute atomic E-state index is 0.119. The third kappa shape index (κ3) is 5.96. The lowest BCUT2D eigenvalue weighted by molar-refractivity contribution is -0.143. The Morgan fingerprint density at radius 1 is 0.778 bits per heavy atom. The van der Waals surface area contributed by atoms with Crippen LogP contribution in [0.3, 0.4) is 0 Å². The molecule has 0 fully saturated rings. The summed E-state index contributed by atoms with van der Waals surface area (Å²) in [5, 5.41) is 3.40. The Labute approximate surface area is 206 Å². The van der Waals surface area contributed by atoms with Crippen molar-refractivity contribution in [2.24, 2.45) is 10.9 Å². The zero-order valence-electron chi connectivity index (χ0n) is 19.1. The maximum absolute atomic E-state index is 13.2. The highest BCUT2D eigenvalue weighted by atomic mass is 31.1. The van der Waals surface area contributed by atoms with Gasteiger partial charge in [0.2, 0.25) is 0 Å². The molecule has 0 aromatic heterocycles. The fourth-order valence-corrected chi connectivity index (χ4v) is 6.74. The van der Waals surface area contributed by atoms with Crippen molar-refractivity contribution in [2.45, 2.75) is 25.3 Å². The van der Waals surface area contributed by atoms with Gasteiger partial charge < -0.3 is 0 Å². The number of benzene rings is 3. The number of aliphatic imine (C=N–C) groups is 1. The molecule has 3 aromatic rings. The van der Waals surface area contributed by atoms with E-state index in [4.69, 9.17) is 0 Å². The van der Waals surface area contributed by atoms with Crippen LogP contribution in [0.25, 0.3) is 0 Å². The number of alkyl halides is 6. The summed E-state index contributed by atoms with van der Waals surface area (Å²) in [5.74, 6) is -0.152. The first kappa shape index (κ1) is 25.9. The molecule has 0 saturated heterocycles. The van der Waals surface area contributed by atoms with E-state index in [1.54, 1.807) is 0 Å². The van der Waals surface area contributed by atoms with Crippen LogP contribution in [0.15, 0.2) is 107 Å². The molecule has 186 valence electrons. The Bertz CT molecular complexity index is 1210. The zero-order chi connectivity index (χ0) is 25.9. The SMILES string of the molecule is C[C@@H](N=Cc1cc(C(F)(F)F)cc(C(F)(F)F)c1)C1C=CC=C1P(c1ccccc1)c1ccccc1. The normalized spacial score (nSPS) is 17.1. The van der Waals surface area contributed by atoms with Gasteiger partial charge in [0, 0.05) is 12.1 Å². The molecule has 0 amide bonds. The van der Waals surface area contributed by atoms with Crippen LogP contribution in [0.1, 0.15) is 23.6 Å². The van der Waals surface area contributed by atoms with Crippen molar-refractivity contribution >= 4 is 24.7 Å². The molecule has 0 spiro atoms. The molecule has 0 N–H and O–H groups in total. The maximum Gasteiger partial charge on any atom is 0.416 e. The number of halogens is 6. The third-order valence-electron chi connectivity index (χ3n) is 5.80. The lowest BCUT2D eigenvalue weighted by atomic mass is 10.0. The number of hydrogen-bond donors (Lipinski definition) is 0. The first-order valence-corrected chi connectivity index (χ1v) is 12.5. The van der Waals surface area contributed by atoms with E-state index in [9.17, 15) is 26.3 Å². The summed E-state index contributed by atoms with van der Waals surface area (Å²) in [6, 6.07) is 21.1. The van der Waals surface area contributed by atoms with Crippen LogP contribution in [0.4, 0.5) is 26.3 Å².